The van der Waals surface area contributed by atoms with Crippen molar-refractivity contribution in [1.29, 1.82) is 0 Å². The van der Waals surface area contributed by atoms with E-state index in [0.29, 0.717) is 48.0 Å². The van der Waals surface area contributed by atoms with Crippen molar-refractivity contribution in [3.05, 3.63) is 94.9 Å². The largest absolute Gasteiger partial charge is 0.481 e. The summed E-state index contributed by atoms with van der Waals surface area (Å²) < 4.78 is 66.1. The molecule has 7 rings (SSSR count). The van der Waals surface area contributed by atoms with Crippen LogP contribution in [0.4, 0.5) is 8.78 Å². The van der Waals surface area contributed by atoms with E-state index in [1.165, 1.54) is 28.9 Å². The number of benzene rings is 3. The Morgan fingerprint density at radius 2 is 1.88 bits per heavy atom. The number of carboxylic acid groups (broad SMARTS) is 1. The highest BCUT2D eigenvalue weighted by molar-refractivity contribution is 7.91. The highest BCUT2D eigenvalue weighted by Crippen LogP contribution is 2.52. The van der Waals surface area contributed by atoms with Crippen molar-refractivity contribution in [2.24, 2.45) is 12.5 Å². The zero-order valence-electron chi connectivity index (χ0n) is 27.4. The average Bonchev–Trinajstić information content (AvgIpc) is 3.43. The smallest absolute Gasteiger partial charge is 0.303 e. The second kappa shape index (κ2) is 12.4. The van der Waals surface area contributed by atoms with Crippen molar-refractivity contribution in [2.45, 2.75) is 63.7 Å². The van der Waals surface area contributed by atoms with Crippen molar-refractivity contribution in [2.75, 3.05) is 11.5 Å². The fourth-order valence-corrected chi connectivity index (χ4v) is 9.28. The first kappa shape index (κ1) is 32.9. The zero-order valence-corrected chi connectivity index (χ0v) is 28.2. The van der Waals surface area contributed by atoms with Crippen molar-refractivity contribution in [1.82, 2.24) is 19.7 Å². The van der Waals surface area contributed by atoms with Crippen molar-refractivity contribution < 1.29 is 31.8 Å². The van der Waals surface area contributed by atoms with Gasteiger partial charge in [0.15, 0.2) is 33.1 Å². The lowest BCUT2D eigenvalue weighted by molar-refractivity contribution is -0.136. The number of carboxylic acids is 1. The number of nitrogens with one attached hydrogen (secondary N) is 1. The van der Waals surface area contributed by atoms with E-state index in [9.17, 15) is 18.3 Å². The van der Waals surface area contributed by atoms with E-state index in [1.807, 2.05) is 31.2 Å². The number of fused-ring (bicyclic) bond motifs is 8. The van der Waals surface area contributed by atoms with Gasteiger partial charge in [0, 0.05) is 42.2 Å². The first-order valence-electron chi connectivity index (χ1n) is 16.5. The highest BCUT2D eigenvalue weighted by atomic mass is 32.2. The Bertz CT molecular complexity index is 2190. The van der Waals surface area contributed by atoms with Crippen LogP contribution >= 0.6 is 0 Å². The minimum atomic E-state index is -3.53. The molecule has 49 heavy (non-hydrogen) atoms. The molecule has 9 nitrogen and oxygen atoms in total. The Morgan fingerprint density at radius 1 is 1.06 bits per heavy atom. The van der Waals surface area contributed by atoms with Gasteiger partial charge >= 0.3 is 5.97 Å². The lowest BCUT2D eigenvalue weighted by Crippen LogP contribution is -2.27. The summed E-state index contributed by atoms with van der Waals surface area (Å²) in [5.74, 6) is -1.45. The van der Waals surface area contributed by atoms with Crippen LogP contribution in [0.2, 0.25) is 0 Å². The van der Waals surface area contributed by atoms with Gasteiger partial charge in [0.1, 0.15) is 11.6 Å². The van der Waals surface area contributed by atoms with Crippen LogP contribution in [0.15, 0.2) is 60.8 Å². The number of aryl methyl sites for hydroxylation is 3. The van der Waals surface area contributed by atoms with E-state index in [0.717, 1.165) is 24.0 Å². The van der Waals surface area contributed by atoms with Gasteiger partial charge in [-0.15, -0.1) is 0 Å². The minimum Gasteiger partial charge on any atom is -0.481 e. The van der Waals surface area contributed by atoms with Gasteiger partial charge in [-0.2, -0.15) is 5.10 Å². The number of aromatic amines is 1. The minimum absolute atomic E-state index is 0.00866. The number of nitrogens with zero attached hydrogens (tertiary/aromatic N) is 3. The quantitative estimate of drug-likeness (QED) is 0.203. The summed E-state index contributed by atoms with van der Waals surface area (Å²) in [6.45, 7) is 2.02. The van der Waals surface area contributed by atoms with Gasteiger partial charge in [-0.1, -0.05) is 30.7 Å². The maximum atomic E-state index is 15.7. The van der Waals surface area contributed by atoms with E-state index < -0.39 is 32.9 Å². The summed E-state index contributed by atoms with van der Waals surface area (Å²) in [4.78, 5) is 19.2. The molecule has 0 amide bonds. The highest BCUT2D eigenvalue weighted by Gasteiger charge is 2.46. The summed E-state index contributed by atoms with van der Waals surface area (Å²) in [5.41, 5.74) is 1.73. The van der Waals surface area contributed by atoms with Gasteiger partial charge in [-0.3, -0.25) is 4.79 Å². The number of carbonyl (C=O) groups is 1. The number of H-pyrrole nitrogens is 1. The number of halogens is 2. The van der Waals surface area contributed by atoms with E-state index in [1.54, 1.807) is 19.3 Å². The summed E-state index contributed by atoms with van der Waals surface area (Å²) in [7, 11) is -1.84. The normalized spacial score (nSPS) is 20.2. The lowest BCUT2D eigenvalue weighted by Gasteiger charge is -2.29. The Balaban J connectivity index is 1.36. The third-order valence-electron chi connectivity index (χ3n) is 10.2. The molecule has 3 aromatic carbocycles. The van der Waals surface area contributed by atoms with Crippen LogP contribution in [-0.2, 0) is 39.9 Å². The molecule has 0 radical (unpaired) electrons. The first-order chi connectivity index (χ1) is 23.3. The molecule has 256 valence electrons. The molecule has 1 saturated carbocycles. The number of aliphatic carboxylic acids is 1. The summed E-state index contributed by atoms with van der Waals surface area (Å²) in [5, 5.41) is 14.7. The molecule has 12 heteroatoms. The van der Waals surface area contributed by atoms with Crippen molar-refractivity contribution >= 4 is 26.7 Å². The number of sulfone groups is 1. The lowest BCUT2D eigenvalue weighted by atomic mass is 9.76. The average molecular weight is 689 g/mol. The molecule has 1 spiro atoms. The zero-order chi connectivity index (χ0) is 34.6. The van der Waals surface area contributed by atoms with Gasteiger partial charge in [0.2, 0.25) is 0 Å². The monoisotopic (exact) mass is 688 g/mol. The van der Waals surface area contributed by atoms with Crippen LogP contribution in [0.5, 0.6) is 11.5 Å². The predicted octanol–water partition coefficient (Wildman–Crippen LogP) is 7.28. The molecule has 3 heterocycles. The van der Waals surface area contributed by atoms with Crippen LogP contribution in [0.25, 0.3) is 22.3 Å². The van der Waals surface area contributed by atoms with Gasteiger partial charge in [0.05, 0.1) is 22.5 Å². The van der Waals surface area contributed by atoms with Crippen LogP contribution < -0.4 is 4.74 Å². The van der Waals surface area contributed by atoms with Gasteiger partial charge in [-0.05, 0) is 86.3 Å². The molecule has 2 aliphatic rings. The van der Waals surface area contributed by atoms with Crippen molar-refractivity contribution in [3.8, 4) is 22.9 Å². The third-order valence-corrected chi connectivity index (χ3v) is 12.1. The second-order valence-corrected chi connectivity index (χ2v) is 16.0. The van der Waals surface area contributed by atoms with Crippen LogP contribution in [0, 0.1) is 17.0 Å². The van der Waals surface area contributed by atoms with E-state index in [-0.39, 0.29) is 52.6 Å². The Labute approximate surface area is 283 Å². The molecular formula is C37H38F2N4O5S. The number of aromatic nitrogens is 4. The number of hydrogen-bond acceptors (Lipinski definition) is 6. The van der Waals surface area contributed by atoms with Gasteiger partial charge in [-0.25, -0.2) is 26.9 Å². The Hall–Kier alpha value is -4.58. The molecule has 4 bridgehead atoms. The summed E-state index contributed by atoms with van der Waals surface area (Å²) in [6, 6.07) is 14.9. The van der Waals surface area contributed by atoms with Crippen LogP contribution in [0.1, 0.15) is 68.0 Å². The maximum Gasteiger partial charge on any atom is 0.303 e. The summed E-state index contributed by atoms with van der Waals surface area (Å²) in [6.07, 6.45) is 5.66. The second-order valence-electron chi connectivity index (χ2n) is 13.9. The number of hydrogen-bond donors (Lipinski definition) is 2. The molecule has 2 N–H and O–H groups in total. The Morgan fingerprint density at radius 3 is 2.65 bits per heavy atom. The molecule has 1 aliphatic carbocycles. The van der Waals surface area contributed by atoms with Crippen LogP contribution in [-0.4, -0.2) is 50.7 Å². The standard InChI is InChI=1S/C37H38F2N4O5S/c1-36(24-6-3-5-23(19-24)7-10-32(44)45)13-4-14-37(15-16-37)22-49(46,47)18-12-27-26-11-17-40-31(26)21-30(39)33(27)48-25-8-9-29(38)28(20-25)34-41-35(36)42-43(34)2/h3,5-6,8-9,11,17,19-21,40H,4,7,10,12-16,18,22H2,1-2H3,(H,44,45). The third kappa shape index (κ3) is 6.58. The van der Waals surface area contributed by atoms with E-state index in [4.69, 9.17) is 14.8 Å². The fraction of sp³-hybridized carbons (Fsp3) is 0.378. The molecular weight excluding hydrogens is 650 g/mol. The Kier molecular flexibility index (Phi) is 8.33. The van der Waals surface area contributed by atoms with Crippen LogP contribution in [0.3, 0.4) is 0 Å². The van der Waals surface area contributed by atoms with Gasteiger partial charge in [0.25, 0.3) is 0 Å². The molecule has 1 atom stereocenters. The van der Waals surface area contributed by atoms with Crippen molar-refractivity contribution in [3.63, 3.8) is 0 Å². The molecule has 5 aromatic rings. The molecule has 0 saturated heterocycles. The van der Waals surface area contributed by atoms with Gasteiger partial charge < -0.3 is 14.8 Å². The predicted molar refractivity (Wildman–Crippen MR) is 181 cm³/mol. The molecule has 1 unspecified atom stereocenters. The number of ether oxygens (including phenoxy) is 1. The molecule has 1 aliphatic heterocycles. The molecule has 2 aromatic heterocycles. The van der Waals surface area contributed by atoms with E-state index >= 15 is 8.78 Å². The fourth-order valence-electron chi connectivity index (χ4n) is 7.26. The SMILES string of the molecule is Cn1nc2nc1-c1cc(ccc1F)Oc1c(F)cc3[nH]ccc3c1CCS(=O)(=O)CC1(CCCC2(C)c2cccc(CCC(=O)O)c2)CC1. The number of rotatable bonds is 4. The summed E-state index contributed by atoms with van der Waals surface area (Å²) >= 11 is 0. The topological polar surface area (TPSA) is 127 Å². The first-order valence-corrected chi connectivity index (χ1v) is 18.4. The molecule has 1 fully saturated rings. The maximum absolute atomic E-state index is 15.7. The van der Waals surface area contributed by atoms with E-state index in [2.05, 4.69) is 4.98 Å².